The number of esters is 1. The van der Waals surface area contributed by atoms with E-state index < -0.39 is 0 Å². The summed E-state index contributed by atoms with van der Waals surface area (Å²) in [5.41, 5.74) is -0.316. The van der Waals surface area contributed by atoms with Crippen molar-refractivity contribution in [3.05, 3.63) is 0 Å². The van der Waals surface area contributed by atoms with Crippen LogP contribution in [0.1, 0.15) is 33.6 Å². The average molecular weight is 172 g/mol. The normalized spacial score (nSPS) is 28.1. The molecule has 1 aliphatic rings. The Balaban J connectivity index is 2.54. The van der Waals surface area contributed by atoms with E-state index in [0.29, 0.717) is 0 Å². The molecule has 3 nitrogen and oxygen atoms in total. The standard InChI is InChI=1S/C9H16O3/c1-7(10)12-8-5-4-6-11-9(8,2)3/h8H,4-6H2,1-3H3/t8-/m0/s1. The number of hydrogen-bond donors (Lipinski definition) is 0. The van der Waals surface area contributed by atoms with Crippen LogP contribution in [0.2, 0.25) is 0 Å². The third-order valence-electron chi connectivity index (χ3n) is 2.17. The second-order valence-electron chi connectivity index (χ2n) is 3.69. The van der Waals surface area contributed by atoms with Gasteiger partial charge in [-0.25, -0.2) is 0 Å². The van der Waals surface area contributed by atoms with Gasteiger partial charge in [-0.1, -0.05) is 0 Å². The van der Waals surface area contributed by atoms with E-state index in [4.69, 9.17) is 9.47 Å². The molecule has 0 aliphatic carbocycles. The van der Waals surface area contributed by atoms with Gasteiger partial charge in [0.05, 0.1) is 5.60 Å². The fourth-order valence-corrected chi connectivity index (χ4v) is 1.45. The molecule has 0 unspecified atom stereocenters. The van der Waals surface area contributed by atoms with Crippen molar-refractivity contribution in [3.8, 4) is 0 Å². The van der Waals surface area contributed by atoms with E-state index in [1.807, 2.05) is 13.8 Å². The first kappa shape index (κ1) is 9.52. The molecule has 0 aromatic carbocycles. The van der Waals surface area contributed by atoms with Gasteiger partial charge >= 0.3 is 5.97 Å². The SMILES string of the molecule is CC(=O)O[C@H]1CCCOC1(C)C. The maximum absolute atomic E-state index is 10.7. The largest absolute Gasteiger partial charge is 0.460 e. The van der Waals surface area contributed by atoms with Gasteiger partial charge in [0.1, 0.15) is 6.10 Å². The monoisotopic (exact) mass is 172 g/mol. The predicted molar refractivity (Wildman–Crippen MR) is 44.8 cm³/mol. The lowest BCUT2D eigenvalue weighted by Gasteiger charge is -2.37. The molecule has 0 saturated carbocycles. The van der Waals surface area contributed by atoms with Crippen molar-refractivity contribution in [2.24, 2.45) is 0 Å². The van der Waals surface area contributed by atoms with Gasteiger partial charge in [-0.15, -0.1) is 0 Å². The molecule has 0 bridgehead atoms. The predicted octanol–water partition coefficient (Wildman–Crippen LogP) is 1.51. The quantitative estimate of drug-likeness (QED) is 0.562. The van der Waals surface area contributed by atoms with Crippen LogP contribution in [0.4, 0.5) is 0 Å². The summed E-state index contributed by atoms with van der Waals surface area (Å²) in [7, 11) is 0. The number of carbonyl (C=O) groups is 1. The Labute approximate surface area is 73.0 Å². The Morgan fingerprint density at radius 3 is 2.75 bits per heavy atom. The van der Waals surface area contributed by atoms with Crippen LogP contribution in [0.25, 0.3) is 0 Å². The third-order valence-corrected chi connectivity index (χ3v) is 2.17. The van der Waals surface area contributed by atoms with Gasteiger partial charge in [0.15, 0.2) is 0 Å². The number of carbonyl (C=O) groups excluding carboxylic acids is 1. The van der Waals surface area contributed by atoms with Gasteiger partial charge in [0.2, 0.25) is 0 Å². The Kier molecular flexibility index (Phi) is 2.73. The van der Waals surface area contributed by atoms with Crippen molar-refractivity contribution < 1.29 is 14.3 Å². The molecule has 1 saturated heterocycles. The van der Waals surface area contributed by atoms with E-state index in [2.05, 4.69) is 0 Å². The van der Waals surface area contributed by atoms with Crippen LogP contribution in [0.3, 0.4) is 0 Å². The van der Waals surface area contributed by atoms with E-state index in [-0.39, 0.29) is 17.7 Å². The van der Waals surface area contributed by atoms with Crippen molar-refractivity contribution in [1.29, 1.82) is 0 Å². The van der Waals surface area contributed by atoms with Crippen molar-refractivity contribution in [2.75, 3.05) is 6.61 Å². The molecule has 12 heavy (non-hydrogen) atoms. The molecule has 0 spiro atoms. The van der Waals surface area contributed by atoms with Gasteiger partial charge in [0.25, 0.3) is 0 Å². The smallest absolute Gasteiger partial charge is 0.303 e. The minimum Gasteiger partial charge on any atom is -0.460 e. The van der Waals surface area contributed by atoms with Gasteiger partial charge in [-0.2, -0.15) is 0 Å². The van der Waals surface area contributed by atoms with E-state index in [9.17, 15) is 4.79 Å². The highest BCUT2D eigenvalue weighted by atomic mass is 16.6. The molecule has 0 aromatic heterocycles. The summed E-state index contributed by atoms with van der Waals surface area (Å²) in [5.74, 6) is -0.224. The zero-order chi connectivity index (χ0) is 9.19. The summed E-state index contributed by atoms with van der Waals surface area (Å²) in [4.78, 5) is 10.7. The second-order valence-corrected chi connectivity index (χ2v) is 3.69. The van der Waals surface area contributed by atoms with Crippen LogP contribution in [-0.4, -0.2) is 24.3 Å². The summed E-state index contributed by atoms with van der Waals surface area (Å²) in [6.45, 7) is 6.12. The van der Waals surface area contributed by atoms with Crippen LogP contribution < -0.4 is 0 Å². The van der Waals surface area contributed by atoms with Crippen molar-refractivity contribution in [1.82, 2.24) is 0 Å². The molecular formula is C9H16O3. The molecule has 1 heterocycles. The Hall–Kier alpha value is -0.570. The minimum atomic E-state index is -0.316. The molecule has 1 atom stereocenters. The molecule has 1 fully saturated rings. The average Bonchev–Trinajstić information content (AvgIpc) is 1.92. The van der Waals surface area contributed by atoms with Crippen LogP contribution in [-0.2, 0) is 14.3 Å². The summed E-state index contributed by atoms with van der Waals surface area (Å²) in [6.07, 6.45) is 1.80. The van der Waals surface area contributed by atoms with Gasteiger partial charge in [0, 0.05) is 13.5 Å². The van der Waals surface area contributed by atoms with Crippen LogP contribution >= 0.6 is 0 Å². The number of ether oxygens (including phenoxy) is 2. The minimum absolute atomic E-state index is 0.0799. The molecule has 3 heteroatoms. The Morgan fingerprint density at radius 2 is 2.25 bits per heavy atom. The molecular weight excluding hydrogens is 156 g/mol. The zero-order valence-corrected chi connectivity index (χ0v) is 7.92. The van der Waals surface area contributed by atoms with E-state index in [1.54, 1.807) is 0 Å². The molecule has 0 amide bonds. The highest BCUT2D eigenvalue weighted by Crippen LogP contribution is 2.26. The molecule has 0 radical (unpaired) electrons. The Morgan fingerprint density at radius 1 is 1.58 bits per heavy atom. The van der Waals surface area contributed by atoms with Gasteiger partial charge < -0.3 is 9.47 Å². The second kappa shape index (κ2) is 3.44. The van der Waals surface area contributed by atoms with E-state index in [1.165, 1.54) is 6.92 Å². The maximum atomic E-state index is 10.7. The van der Waals surface area contributed by atoms with Crippen LogP contribution in [0, 0.1) is 0 Å². The fraction of sp³-hybridized carbons (Fsp3) is 0.889. The number of hydrogen-bond acceptors (Lipinski definition) is 3. The van der Waals surface area contributed by atoms with Gasteiger partial charge in [-0.05, 0) is 26.7 Å². The molecule has 0 N–H and O–H groups in total. The van der Waals surface area contributed by atoms with Crippen molar-refractivity contribution in [3.63, 3.8) is 0 Å². The summed E-state index contributed by atoms with van der Waals surface area (Å²) >= 11 is 0. The van der Waals surface area contributed by atoms with Crippen LogP contribution in [0.5, 0.6) is 0 Å². The molecule has 70 valence electrons. The first-order chi connectivity index (χ1) is 5.52. The number of rotatable bonds is 1. The molecule has 1 rings (SSSR count). The lowest BCUT2D eigenvalue weighted by molar-refractivity contribution is -0.177. The topological polar surface area (TPSA) is 35.5 Å². The lowest BCUT2D eigenvalue weighted by atomic mass is 9.94. The first-order valence-corrected chi connectivity index (χ1v) is 4.33. The zero-order valence-electron chi connectivity index (χ0n) is 7.92. The van der Waals surface area contributed by atoms with Crippen molar-refractivity contribution in [2.45, 2.75) is 45.3 Å². The molecule has 0 aromatic rings. The summed E-state index contributed by atoms with van der Waals surface area (Å²) < 4.78 is 10.6. The summed E-state index contributed by atoms with van der Waals surface area (Å²) in [6, 6.07) is 0. The summed E-state index contributed by atoms with van der Waals surface area (Å²) in [5, 5.41) is 0. The van der Waals surface area contributed by atoms with Crippen molar-refractivity contribution >= 4 is 5.97 Å². The lowest BCUT2D eigenvalue weighted by Crippen LogP contribution is -2.45. The molecule has 1 aliphatic heterocycles. The van der Waals surface area contributed by atoms with Crippen LogP contribution in [0.15, 0.2) is 0 Å². The third kappa shape index (κ3) is 2.21. The van der Waals surface area contributed by atoms with Gasteiger partial charge in [-0.3, -0.25) is 4.79 Å². The fourth-order valence-electron chi connectivity index (χ4n) is 1.45. The maximum Gasteiger partial charge on any atom is 0.303 e. The first-order valence-electron chi connectivity index (χ1n) is 4.33. The highest BCUT2D eigenvalue weighted by Gasteiger charge is 2.35. The van der Waals surface area contributed by atoms with E-state index in [0.717, 1.165) is 19.4 Å². The van der Waals surface area contributed by atoms with E-state index >= 15 is 0 Å². The highest BCUT2D eigenvalue weighted by molar-refractivity contribution is 5.66. The Bertz CT molecular complexity index is 175.